The third-order valence-corrected chi connectivity index (χ3v) is 4.59. The molecule has 1 N–H and O–H groups in total. The molecule has 6 heteroatoms. The van der Waals surface area contributed by atoms with Crippen LogP contribution in [0.15, 0.2) is 67.0 Å². The third kappa shape index (κ3) is 5.14. The van der Waals surface area contributed by atoms with Gasteiger partial charge in [-0.1, -0.05) is 41.9 Å². The number of carbonyl (C=O) groups excluding carboxylic acids is 1. The number of ether oxygens (including phenoxy) is 1. The molecule has 3 rings (SSSR count). The number of nitrogens with one attached hydrogen (secondary N) is 1. The Kier molecular flexibility index (Phi) is 6.37. The summed E-state index contributed by atoms with van der Waals surface area (Å²) in [6.07, 6.45) is 4.54. The van der Waals surface area contributed by atoms with Crippen molar-refractivity contribution in [1.82, 2.24) is 14.9 Å². The number of imidazole rings is 1. The fraction of sp³-hybridized carbons (Fsp3) is 0.273. The van der Waals surface area contributed by atoms with Crippen molar-refractivity contribution in [3.8, 4) is 17.1 Å². The van der Waals surface area contributed by atoms with Crippen molar-refractivity contribution >= 4 is 17.5 Å². The second-order valence-electron chi connectivity index (χ2n) is 6.99. The second-order valence-corrected chi connectivity index (χ2v) is 7.42. The topological polar surface area (TPSA) is 56.1 Å². The minimum atomic E-state index is -0.974. The van der Waals surface area contributed by atoms with Crippen LogP contribution >= 0.6 is 11.6 Å². The molecule has 28 heavy (non-hydrogen) atoms. The molecule has 0 radical (unpaired) electrons. The number of aromatic nitrogens is 2. The summed E-state index contributed by atoms with van der Waals surface area (Å²) in [6.45, 7) is 4.82. The van der Waals surface area contributed by atoms with Crippen LogP contribution < -0.4 is 10.1 Å². The molecule has 1 aromatic heterocycles. The van der Waals surface area contributed by atoms with Crippen molar-refractivity contribution in [3.63, 3.8) is 0 Å². The van der Waals surface area contributed by atoms with Gasteiger partial charge in [0.25, 0.3) is 5.91 Å². The molecular formula is C22H24ClN3O2. The van der Waals surface area contributed by atoms with Crippen LogP contribution in [0.4, 0.5) is 0 Å². The van der Waals surface area contributed by atoms with Gasteiger partial charge in [0, 0.05) is 36.1 Å². The fourth-order valence-corrected chi connectivity index (χ4v) is 2.97. The number of hydrogen-bond acceptors (Lipinski definition) is 3. The van der Waals surface area contributed by atoms with E-state index in [0.717, 1.165) is 24.4 Å². The Morgan fingerprint density at radius 1 is 1.14 bits per heavy atom. The predicted molar refractivity (Wildman–Crippen MR) is 111 cm³/mol. The molecule has 0 aliphatic rings. The monoisotopic (exact) mass is 397 g/mol. The molecule has 0 atom stereocenters. The van der Waals surface area contributed by atoms with Gasteiger partial charge in [0.2, 0.25) is 0 Å². The highest BCUT2D eigenvalue weighted by atomic mass is 35.5. The van der Waals surface area contributed by atoms with Crippen LogP contribution in [0.3, 0.4) is 0 Å². The number of halogens is 1. The molecule has 0 fully saturated rings. The highest BCUT2D eigenvalue weighted by molar-refractivity contribution is 6.30. The molecule has 0 saturated carbocycles. The zero-order valence-corrected chi connectivity index (χ0v) is 16.8. The van der Waals surface area contributed by atoms with E-state index >= 15 is 0 Å². The van der Waals surface area contributed by atoms with Gasteiger partial charge in [0.1, 0.15) is 11.6 Å². The van der Waals surface area contributed by atoms with Crippen LogP contribution in [0, 0.1) is 0 Å². The first kappa shape index (κ1) is 20.0. The average molecular weight is 398 g/mol. The lowest BCUT2D eigenvalue weighted by molar-refractivity contribution is -0.134. The summed E-state index contributed by atoms with van der Waals surface area (Å²) < 4.78 is 7.91. The molecule has 1 heterocycles. The van der Waals surface area contributed by atoms with E-state index in [9.17, 15) is 4.79 Å². The fourth-order valence-electron chi connectivity index (χ4n) is 2.84. The lowest BCUT2D eigenvalue weighted by Crippen LogP contribution is -2.46. The van der Waals surface area contributed by atoms with Crippen LogP contribution in [0.2, 0.25) is 5.02 Å². The molecule has 0 aliphatic carbocycles. The van der Waals surface area contributed by atoms with Gasteiger partial charge in [-0.25, -0.2) is 4.98 Å². The smallest absolute Gasteiger partial charge is 0.263 e. The quantitative estimate of drug-likeness (QED) is 0.566. The number of nitrogens with zero attached hydrogens (tertiary/aromatic N) is 2. The number of rotatable bonds is 8. The van der Waals surface area contributed by atoms with E-state index in [-0.39, 0.29) is 5.91 Å². The summed E-state index contributed by atoms with van der Waals surface area (Å²) >= 11 is 5.88. The summed E-state index contributed by atoms with van der Waals surface area (Å²) in [5.41, 5.74) is 0.104. The predicted octanol–water partition coefficient (Wildman–Crippen LogP) is 4.57. The van der Waals surface area contributed by atoms with Gasteiger partial charge in [-0.3, -0.25) is 4.79 Å². The second kappa shape index (κ2) is 8.93. The van der Waals surface area contributed by atoms with Gasteiger partial charge in [-0.15, -0.1) is 0 Å². The lowest BCUT2D eigenvalue weighted by Gasteiger charge is -2.25. The molecule has 0 bridgehead atoms. The zero-order valence-electron chi connectivity index (χ0n) is 16.1. The number of carbonyl (C=O) groups is 1. The molecule has 146 valence electrons. The van der Waals surface area contributed by atoms with Crippen molar-refractivity contribution in [1.29, 1.82) is 0 Å². The molecule has 1 amide bonds. The van der Waals surface area contributed by atoms with Gasteiger partial charge < -0.3 is 14.6 Å². The summed E-state index contributed by atoms with van der Waals surface area (Å²) in [6, 6.07) is 17.0. The maximum absolute atomic E-state index is 12.5. The van der Waals surface area contributed by atoms with E-state index in [1.54, 1.807) is 44.3 Å². The Morgan fingerprint density at radius 2 is 1.86 bits per heavy atom. The number of hydrogen-bond donors (Lipinski definition) is 1. The number of benzene rings is 2. The Balaban J connectivity index is 1.49. The van der Waals surface area contributed by atoms with Gasteiger partial charge >= 0.3 is 0 Å². The molecule has 0 aliphatic heterocycles. The molecule has 0 spiro atoms. The first-order valence-electron chi connectivity index (χ1n) is 9.25. The van der Waals surface area contributed by atoms with Crippen LogP contribution in [-0.2, 0) is 11.3 Å². The minimum absolute atomic E-state index is 0.156. The van der Waals surface area contributed by atoms with Crippen molar-refractivity contribution in [2.24, 2.45) is 0 Å². The number of amides is 1. The van der Waals surface area contributed by atoms with Crippen molar-refractivity contribution in [2.75, 3.05) is 6.54 Å². The van der Waals surface area contributed by atoms with Crippen molar-refractivity contribution in [2.45, 2.75) is 32.4 Å². The van der Waals surface area contributed by atoms with E-state index < -0.39 is 5.60 Å². The minimum Gasteiger partial charge on any atom is -0.478 e. The van der Waals surface area contributed by atoms with Gasteiger partial charge in [-0.05, 0) is 44.5 Å². The van der Waals surface area contributed by atoms with Crippen LogP contribution in [0.25, 0.3) is 11.4 Å². The standard InChI is InChI=1S/C22H24ClN3O2/c1-22(2,28-19-11-9-18(23)10-12-19)21(27)25-13-6-15-26-16-14-24-20(26)17-7-4-3-5-8-17/h3-5,7-12,14,16H,6,13,15H2,1-2H3,(H,25,27). The van der Waals surface area contributed by atoms with E-state index in [1.165, 1.54) is 0 Å². The van der Waals surface area contributed by atoms with E-state index in [1.807, 2.05) is 36.5 Å². The SMILES string of the molecule is CC(C)(Oc1ccc(Cl)cc1)C(=O)NCCCn1ccnc1-c1ccccc1. The molecule has 5 nitrogen and oxygen atoms in total. The number of aryl methyl sites for hydroxylation is 1. The maximum Gasteiger partial charge on any atom is 0.263 e. The third-order valence-electron chi connectivity index (χ3n) is 4.34. The normalized spacial score (nSPS) is 11.2. The first-order valence-corrected chi connectivity index (χ1v) is 9.63. The maximum atomic E-state index is 12.5. The average Bonchev–Trinajstić information content (AvgIpc) is 3.16. The summed E-state index contributed by atoms with van der Waals surface area (Å²) in [7, 11) is 0. The summed E-state index contributed by atoms with van der Waals surface area (Å²) in [5.74, 6) is 1.38. The molecule has 3 aromatic rings. The highest BCUT2D eigenvalue weighted by Crippen LogP contribution is 2.21. The zero-order chi connectivity index (χ0) is 20.0. The van der Waals surface area contributed by atoms with Gasteiger partial charge in [0.15, 0.2) is 5.60 Å². The van der Waals surface area contributed by atoms with Crippen LogP contribution in [0.5, 0.6) is 5.75 Å². The van der Waals surface area contributed by atoms with Crippen molar-refractivity contribution < 1.29 is 9.53 Å². The summed E-state index contributed by atoms with van der Waals surface area (Å²) in [5, 5.41) is 3.58. The molecular weight excluding hydrogens is 374 g/mol. The first-order chi connectivity index (χ1) is 13.5. The molecule has 2 aromatic carbocycles. The Bertz CT molecular complexity index is 905. The molecule has 0 saturated heterocycles. The van der Waals surface area contributed by atoms with Crippen LogP contribution in [-0.4, -0.2) is 27.6 Å². The molecule has 0 unspecified atom stereocenters. The Labute approximate surface area is 170 Å². The van der Waals surface area contributed by atoms with E-state index in [0.29, 0.717) is 17.3 Å². The van der Waals surface area contributed by atoms with Crippen molar-refractivity contribution in [3.05, 3.63) is 72.0 Å². The highest BCUT2D eigenvalue weighted by Gasteiger charge is 2.29. The van der Waals surface area contributed by atoms with Crippen LogP contribution in [0.1, 0.15) is 20.3 Å². The Hall–Kier alpha value is -2.79. The van der Waals surface area contributed by atoms with Gasteiger partial charge in [-0.2, -0.15) is 0 Å². The Morgan fingerprint density at radius 3 is 2.57 bits per heavy atom. The van der Waals surface area contributed by atoms with E-state index in [4.69, 9.17) is 16.3 Å². The summed E-state index contributed by atoms with van der Waals surface area (Å²) in [4.78, 5) is 16.9. The lowest BCUT2D eigenvalue weighted by atomic mass is 10.1. The van der Waals surface area contributed by atoms with Gasteiger partial charge in [0.05, 0.1) is 0 Å². The largest absolute Gasteiger partial charge is 0.478 e. The van der Waals surface area contributed by atoms with E-state index in [2.05, 4.69) is 14.9 Å².